The van der Waals surface area contributed by atoms with Gasteiger partial charge in [0.2, 0.25) is 10.0 Å². The van der Waals surface area contributed by atoms with E-state index < -0.39 is 21.9 Å². The van der Waals surface area contributed by atoms with Crippen LogP contribution in [0.25, 0.3) is 0 Å². The lowest BCUT2D eigenvalue weighted by Crippen LogP contribution is -2.25. The maximum Gasteiger partial charge on any atom is 0.435 e. The number of rotatable bonds is 9. The van der Waals surface area contributed by atoms with E-state index in [1.807, 2.05) is 6.92 Å². The molecule has 3 rings (SSSR count). The van der Waals surface area contributed by atoms with E-state index in [4.69, 9.17) is 4.74 Å². The van der Waals surface area contributed by atoms with Gasteiger partial charge in [-0.2, -0.15) is 18.3 Å². The van der Waals surface area contributed by atoms with Gasteiger partial charge in [0.25, 0.3) is 0 Å². The fourth-order valence-electron chi connectivity index (χ4n) is 2.86. The first-order valence-corrected chi connectivity index (χ1v) is 10.6. The van der Waals surface area contributed by atoms with E-state index in [1.165, 1.54) is 16.8 Å². The molecule has 1 aliphatic rings. The van der Waals surface area contributed by atoms with Gasteiger partial charge in [-0.25, -0.2) is 13.1 Å². The van der Waals surface area contributed by atoms with Crippen LogP contribution in [-0.2, 0) is 22.7 Å². The van der Waals surface area contributed by atoms with Crippen LogP contribution in [0.2, 0.25) is 0 Å². The first-order chi connectivity index (χ1) is 13.2. The normalized spacial score (nSPS) is 15.0. The summed E-state index contributed by atoms with van der Waals surface area (Å²) in [5.74, 6) is 0.692. The molecular formula is C18H22F3N3O3S. The van der Waals surface area contributed by atoms with Gasteiger partial charge >= 0.3 is 6.18 Å². The summed E-state index contributed by atoms with van der Waals surface area (Å²) in [5, 5.41) is 3.66. The van der Waals surface area contributed by atoms with Crippen LogP contribution in [-0.4, -0.2) is 31.3 Å². The minimum absolute atomic E-state index is 0.0981. The van der Waals surface area contributed by atoms with Crippen LogP contribution >= 0.6 is 0 Å². The Labute approximate surface area is 161 Å². The van der Waals surface area contributed by atoms with E-state index in [-0.39, 0.29) is 23.9 Å². The van der Waals surface area contributed by atoms with Gasteiger partial charge in [-0.05, 0) is 56.5 Å². The fourth-order valence-corrected chi connectivity index (χ4v) is 3.93. The molecule has 0 bridgehead atoms. The minimum Gasteiger partial charge on any atom is -0.494 e. The number of nitrogens with one attached hydrogen (secondary N) is 1. The van der Waals surface area contributed by atoms with Crippen molar-refractivity contribution in [1.29, 1.82) is 0 Å². The molecule has 0 atom stereocenters. The van der Waals surface area contributed by atoms with Crippen LogP contribution in [0.4, 0.5) is 13.2 Å². The first kappa shape index (κ1) is 20.7. The Bertz CT molecular complexity index is 904. The second kappa shape index (κ2) is 8.12. The Hall–Kier alpha value is -2.07. The Balaban J connectivity index is 1.57. The van der Waals surface area contributed by atoms with Gasteiger partial charge < -0.3 is 4.74 Å². The highest BCUT2D eigenvalue weighted by atomic mass is 32.2. The second-order valence-electron chi connectivity index (χ2n) is 6.61. The summed E-state index contributed by atoms with van der Waals surface area (Å²) in [6, 6.07) is 7.13. The molecule has 1 aliphatic carbocycles. The molecule has 10 heteroatoms. The maximum atomic E-state index is 12.9. The van der Waals surface area contributed by atoms with E-state index in [1.54, 1.807) is 12.1 Å². The zero-order chi connectivity index (χ0) is 20.4. The van der Waals surface area contributed by atoms with E-state index in [2.05, 4.69) is 9.82 Å². The molecule has 1 fully saturated rings. The van der Waals surface area contributed by atoms with Crippen molar-refractivity contribution in [3.05, 3.63) is 41.7 Å². The number of benzene rings is 1. The summed E-state index contributed by atoms with van der Waals surface area (Å²) >= 11 is 0. The molecular weight excluding hydrogens is 395 g/mol. The standard InChI is InChI=1S/C18H22F3N3O3S/c1-2-27-14-6-8-15(9-7-14)28(25,26)22-10-3-11-24-16(13-4-5-13)12-17(23-24)18(19,20)21/h6-9,12-13,22H,2-5,10-11H2,1H3. The number of aromatic nitrogens is 2. The predicted molar refractivity (Wildman–Crippen MR) is 96.6 cm³/mol. The Morgan fingerprint density at radius 3 is 2.50 bits per heavy atom. The molecule has 28 heavy (non-hydrogen) atoms. The highest BCUT2D eigenvalue weighted by Gasteiger charge is 2.37. The van der Waals surface area contributed by atoms with Crippen molar-refractivity contribution in [2.24, 2.45) is 0 Å². The lowest BCUT2D eigenvalue weighted by atomic mass is 10.2. The van der Waals surface area contributed by atoms with Crippen molar-refractivity contribution >= 4 is 10.0 Å². The van der Waals surface area contributed by atoms with E-state index in [9.17, 15) is 21.6 Å². The predicted octanol–water partition coefficient (Wildman–Crippen LogP) is 3.55. The number of aryl methyl sites for hydroxylation is 1. The Morgan fingerprint density at radius 2 is 1.93 bits per heavy atom. The third kappa shape index (κ3) is 5.05. The van der Waals surface area contributed by atoms with Gasteiger partial charge in [0.05, 0.1) is 11.5 Å². The first-order valence-electron chi connectivity index (χ1n) is 9.08. The number of hydrogen-bond acceptors (Lipinski definition) is 4. The summed E-state index contributed by atoms with van der Waals surface area (Å²) in [7, 11) is -3.69. The summed E-state index contributed by atoms with van der Waals surface area (Å²) in [5.41, 5.74) is -0.328. The quantitative estimate of drug-likeness (QED) is 0.634. The average molecular weight is 417 g/mol. The van der Waals surface area contributed by atoms with Crippen LogP contribution in [0.15, 0.2) is 35.2 Å². The molecule has 154 valence electrons. The fraction of sp³-hybridized carbons (Fsp3) is 0.500. The summed E-state index contributed by atoms with van der Waals surface area (Å²) in [4.78, 5) is 0.105. The average Bonchev–Trinajstić information content (AvgIpc) is 3.38. The van der Waals surface area contributed by atoms with Crippen LogP contribution in [0.5, 0.6) is 5.75 Å². The minimum atomic E-state index is -4.48. The number of alkyl halides is 3. The van der Waals surface area contributed by atoms with Gasteiger partial charge in [0.1, 0.15) is 5.75 Å². The van der Waals surface area contributed by atoms with Gasteiger partial charge in [-0.1, -0.05) is 0 Å². The van der Waals surface area contributed by atoms with Gasteiger partial charge in [-0.3, -0.25) is 4.68 Å². The molecule has 0 amide bonds. The molecule has 0 spiro atoms. The maximum absolute atomic E-state index is 12.9. The Morgan fingerprint density at radius 1 is 1.25 bits per heavy atom. The van der Waals surface area contributed by atoms with Crippen molar-refractivity contribution in [3.63, 3.8) is 0 Å². The number of nitrogens with zero attached hydrogens (tertiary/aromatic N) is 2. The zero-order valence-electron chi connectivity index (χ0n) is 15.4. The molecule has 0 saturated heterocycles. The molecule has 6 nitrogen and oxygen atoms in total. The van der Waals surface area contributed by atoms with Crippen molar-refractivity contribution in [2.45, 2.75) is 49.7 Å². The van der Waals surface area contributed by atoms with Gasteiger partial charge in [0.15, 0.2) is 5.69 Å². The van der Waals surface area contributed by atoms with Crippen LogP contribution in [0, 0.1) is 0 Å². The van der Waals surface area contributed by atoms with Crippen molar-refractivity contribution < 1.29 is 26.3 Å². The highest BCUT2D eigenvalue weighted by molar-refractivity contribution is 7.89. The second-order valence-corrected chi connectivity index (χ2v) is 8.37. The van der Waals surface area contributed by atoms with Gasteiger partial charge in [0, 0.05) is 24.7 Å². The van der Waals surface area contributed by atoms with Crippen LogP contribution in [0.1, 0.15) is 43.5 Å². The molecule has 0 aliphatic heterocycles. The molecule has 0 radical (unpaired) electrons. The SMILES string of the molecule is CCOc1ccc(S(=O)(=O)NCCCn2nc(C(F)(F)F)cc2C2CC2)cc1. The lowest BCUT2D eigenvalue weighted by molar-refractivity contribution is -0.141. The Kier molecular flexibility index (Phi) is 5.99. The van der Waals surface area contributed by atoms with E-state index in [0.717, 1.165) is 18.9 Å². The number of sulfonamides is 1. The van der Waals surface area contributed by atoms with E-state index in [0.29, 0.717) is 24.5 Å². The summed E-state index contributed by atoms with van der Waals surface area (Å²) in [6.45, 7) is 2.63. The topological polar surface area (TPSA) is 73.2 Å². The smallest absolute Gasteiger partial charge is 0.435 e. The van der Waals surface area contributed by atoms with E-state index >= 15 is 0 Å². The molecule has 1 aromatic carbocycles. The molecule has 1 N–H and O–H groups in total. The largest absolute Gasteiger partial charge is 0.494 e. The molecule has 2 aromatic rings. The number of hydrogen-bond donors (Lipinski definition) is 1. The summed E-state index contributed by atoms with van der Waals surface area (Å²) < 4.78 is 72.4. The monoisotopic (exact) mass is 417 g/mol. The van der Waals surface area contributed by atoms with Crippen LogP contribution in [0.3, 0.4) is 0 Å². The third-order valence-corrected chi connectivity index (χ3v) is 5.86. The third-order valence-electron chi connectivity index (χ3n) is 4.38. The molecule has 1 saturated carbocycles. The summed E-state index contributed by atoms with van der Waals surface area (Å²) in [6.07, 6.45) is -2.44. The molecule has 1 heterocycles. The molecule has 1 aromatic heterocycles. The lowest BCUT2D eigenvalue weighted by Gasteiger charge is -2.09. The number of ether oxygens (including phenoxy) is 1. The van der Waals surface area contributed by atoms with Crippen molar-refractivity contribution in [2.75, 3.05) is 13.2 Å². The van der Waals surface area contributed by atoms with Crippen molar-refractivity contribution in [3.8, 4) is 5.75 Å². The highest BCUT2D eigenvalue weighted by Crippen LogP contribution is 2.42. The molecule has 0 unspecified atom stereocenters. The van der Waals surface area contributed by atoms with Crippen molar-refractivity contribution in [1.82, 2.24) is 14.5 Å². The number of halogens is 3. The zero-order valence-corrected chi connectivity index (χ0v) is 16.2. The van der Waals surface area contributed by atoms with Gasteiger partial charge in [-0.15, -0.1) is 0 Å². The van der Waals surface area contributed by atoms with Crippen LogP contribution < -0.4 is 9.46 Å².